The van der Waals surface area contributed by atoms with Crippen LogP contribution in [0.5, 0.6) is 0 Å². The highest BCUT2D eigenvalue weighted by Crippen LogP contribution is 2.27. The Hall–Kier alpha value is -1.19. The molecule has 1 rings (SSSR count). The molecule has 0 spiro atoms. The van der Waals surface area contributed by atoms with Gasteiger partial charge in [0.2, 0.25) is 0 Å². The summed E-state index contributed by atoms with van der Waals surface area (Å²) in [6.07, 6.45) is 3.24. The summed E-state index contributed by atoms with van der Waals surface area (Å²) in [4.78, 5) is 9.76. The third-order valence-corrected chi connectivity index (χ3v) is 2.43. The maximum absolute atomic E-state index is 13.1. The van der Waals surface area contributed by atoms with Gasteiger partial charge < -0.3 is 0 Å². The Morgan fingerprint density at radius 1 is 1.62 bits per heavy atom. The average molecular weight is 185 g/mol. The summed E-state index contributed by atoms with van der Waals surface area (Å²) in [7, 11) is 0. The first kappa shape index (κ1) is 9.89. The Morgan fingerprint density at radius 3 is 2.77 bits per heavy atom. The predicted molar refractivity (Wildman–Crippen MR) is 47.2 cm³/mol. The van der Waals surface area contributed by atoms with Crippen molar-refractivity contribution in [2.75, 3.05) is 0 Å². The minimum absolute atomic E-state index is 0.0462. The zero-order valence-electron chi connectivity index (χ0n) is 7.66. The molecule has 3 nitrogen and oxygen atoms in total. The van der Waals surface area contributed by atoms with Crippen LogP contribution in [0.15, 0.2) is 23.7 Å². The molecule has 0 aromatic rings. The van der Waals surface area contributed by atoms with Crippen LogP contribution in [0.2, 0.25) is 0 Å². The smallest absolute Gasteiger partial charge is 0.258 e. The maximum Gasteiger partial charge on any atom is 0.300 e. The molecule has 0 saturated carbocycles. The van der Waals surface area contributed by atoms with E-state index in [9.17, 15) is 14.5 Å². The topological polar surface area (TPSA) is 43.1 Å². The molecule has 0 N–H and O–H groups in total. The number of nitrogens with zero attached hydrogens (tertiary/aromatic N) is 1. The highest BCUT2D eigenvalue weighted by molar-refractivity contribution is 5.21. The van der Waals surface area contributed by atoms with Gasteiger partial charge in [-0.25, -0.2) is 0 Å². The van der Waals surface area contributed by atoms with Crippen LogP contribution in [-0.2, 0) is 0 Å². The Morgan fingerprint density at radius 2 is 2.23 bits per heavy atom. The van der Waals surface area contributed by atoms with E-state index in [4.69, 9.17) is 0 Å². The monoisotopic (exact) mass is 185 g/mol. The second-order valence-electron chi connectivity index (χ2n) is 3.43. The highest BCUT2D eigenvalue weighted by atomic mass is 19.1. The van der Waals surface area contributed by atoms with E-state index >= 15 is 0 Å². The van der Waals surface area contributed by atoms with Crippen LogP contribution in [-0.4, -0.2) is 4.92 Å². The van der Waals surface area contributed by atoms with Crippen LogP contribution in [0, 0.1) is 22.0 Å². The fourth-order valence-electron chi connectivity index (χ4n) is 1.25. The van der Waals surface area contributed by atoms with Crippen LogP contribution in [0.1, 0.15) is 20.3 Å². The second kappa shape index (κ2) is 3.68. The Kier molecular flexibility index (Phi) is 2.80. The minimum atomic E-state index is -0.707. The summed E-state index contributed by atoms with van der Waals surface area (Å²) < 4.78 is 13.1. The van der Waals surface area contributed by atoms with E-state index in [2.05, 4.69) is 0 Å². The lowest BCUT2D eigenvalue weighted by molar-refractivity contribution is -0.423. The molecule has 1 aliphatic carbocycles. The lowest BCUT2D eigenvalue weighted by Gasteiger charge is -2.10. The fourth-order valence-corrected chi connectivity index (χ4v) is 1.25. The molecule has 0 fully saturated rings. The van der Waals surface area contributed by atoms with Gasteiger partial charge in [-0.2, -0.15) is 4.39 Å². The number of rotatable bonds is 1. The maximum atomic E-state index is 13.1. The third-order valence-electron chi connectivity index (χ3n) is 2.43. The minimum Gasteiger partial charge on any atom is -0.258 e. The third kappa shape index (κ3) is 2.14. The van der Waals surface area contributed by atoms with Crippen molar-refractivity contribution in [3.05, 3.63) is 33.8 Å². The molecule has 0 aromatic carbocycles. The largest absolute Gasteiger partial charge is 0.300 e. The van der Waals surface area contributed by atoms with Crippen LogP contribution >= 0.6 is 0 Å². The quantitative estimate of drug-likeness (QED) is 0.465. The first-order chi connectivity index (χ1) is 6.02. The molecule has 0 bridgehead atoms. The Balaban J connectivity index is 3.01. The van der Waals surface area contributed by atoms with Gasteiger partial charge in [-0.15, -0.1) is 0 Å². The highest BCUT2D eigenvalue weighted by Gasteiger charge is 2.24. The summed E-state index contributed by atoms with van der Waals surface area (Å²) in [6, 6.07) is 0. The van der Waals surface area contributed by atoms with Crippen molar-refractivity contribution < 1.29 is 9.31 Å². The SMILES string of the molecule is CC1CC=C(F)C([N+](=O)[O-])=C[C@@H]1C. The van der Waals surface area contributed by atoms with Crippen molar-refractivity contribution in [3.8, 4) is 0 Å². The van der Waals surface area contributed by atoms with E-state index in [0.717, 1.165) is 0 Å². The standard InChI is InChI=1S/C9H12FNO2/c1-6-3-4-8(10)9(11(12)13)5-7(6)2/h4-7H,3H2,1-2H3/t6?,7-/m0/s1. The zero-order chi connectivity index (χ0) is 10.0. The van der Waals surface area contributed by atoms with Gasteiger partial charge in [-0.3, -0.25) is 10.1 Å². The molecule has 1 aliphatic rings. The Bertz CT molecular complexity index is 283. The zero-order valence-corrected chi connectivity index (χ0v) is 7.66. The number of allylic oxidation sites excluding steroid dienone is 3. The van der Waals surface area contributed by atoms with Crippen molar-refractivity contribution >= 4 is 0 Å². The van der Waals surface area contributed by atoms with Crippen molar-refractivity contribution in [2.45, 2.75) is 20.3 Å². The lowest BCUT2D eigenvalue weighted by atomic mass is 9.94. The molecule has 0 heterocycles. The van der Waals surface area contributed by atoms with E-state index in [1.807, 2.05) is 13.8 Å². The van der Waals surface area contributed by atoms with Gasteiger partial charge in [0.1, 0.15) is 0 Å². The van der Waals surface area contributed by atoms with Gasteiger partial charge in [-0.05, 0) is 30.4 Å². The lowest BCUT2D eigenvalue weighted by Crippen LogP contribution is -2.05. The normalized spacial score (nSPS) is 28.8. The number of hydrogen-bond acceptors (Lipinski definition) is 2. The van der Waals surface area contributed by atoms with Crippen LogP contribution in [0.4, 0.5) is 4.39 Å². The second-order valence-corrected chi connectivity index (χ2v) is 3.43. The van der Waals surface area contributed by atoms with Crippen molar-refractivity contribution in [3.63, 3.8) is 0 Å². The summed E-state index contributed by atoms with van der Waals surface area (Å²) >= 11 is 0. The van der Waals surface area contributed by atoms with E-state index in [1.165, 1.54) is 12.2 Å². The molecule has 13 heavy (non-hydrogen) atoms. The summed E-state index contributed by atoms with van der Waals surface area (Å²) in [5.74, 6) is -0.408. The van der Waals surface area contributed by atoms with E-state index < -0.39 is 16.4 Å². The first-order valence-electron chi connectivity index (χ1n) is 4.24. The van der Waals surface area contributed by atoms with Crippen molar-refractivity contribution in [2.24, 2.45) is 11.8 Å². The van der Waals surface area contributed by atoms with Crippen LogP contribution < -0.4 is 0 Å². The van der Waals surface area contributed by atoms with Gasteiger partial charge in [0.25, 0.3) is 0 Å². The molecule has 0 amide bonds. The van der Waals surface area contributed by atoms with Crippen LogP contribution in [0.3, 0.4) is 0 Å². The summed E-state index contributed by atoms with van der Waals surface area (Å²) in [5.41, 5.74) is -0.392. The van der Waals surface area contributed by atoms with Gasteiger partial charge in [0.05, 0.1) is 4.92 Å². The molecule has 2 atom stereocenters. The average Bonchev–Trinajstić information content (AvgIpc) is 2.18. The number of hydrogen-bond donors (Lipinski definition) is 0. The van der Waals surface area contributed by atoms with Crippen molar-refractivity contribution in [1.82, 2.24) is 0 Å². The van der Waals surface area contributed by atoms with Gasteiger partial charge in [-0.1, -0.05) is 13.8 Å². The molecule has 0 aromatic heterocycles. The van der Waals surface area contributed by atoms with Crippen LogP contribution in [0.25, 0.3) is 0 Å². The van der Waals surface area contributed by atoms with E-state index in [-0.39, 0.29) is 11.8 Å². The summed E-state index contributed by atoms with van der Waals surface area (Å²) in [5, 5.41) is 10.4. The molecular weight excluding hydrogens is 173 g/mol. The summed E-state index contributed by atoms with van der Waals surface area (Å²) in [6.45, 7) is 3.81. The van der Waals surface area contributed by atoms with Gasteiger partial charge >= 0.3 is 5.70 Å². The van der Waals surface area contributed by atoms with Crippen molar-refractivity contribution in [1.29, 1.82) is 0 Å². The molecule has 4 heteroatoms. The molecule has 0 radical (unpaired) electrons. The predicted octanol–water partition coefficient (Wildman–Crippen LogP) is 2.68. The first-order valence-corrected chi connectivity index (χ1v) is 4.24. The van der Waals surface area contributed by atoms with E-state index in [0.29, 0.717) is 6.42 Å². The molecule has 0 aliphatic heterocycles. The molecule has 0 saturated heterocycles. The van der Waals surface area contributed by atoms with Gasteiger partial charge in [0.15, 0.2) is 5.83 Å². The number of halogens is 1. The molecular formula is C9H12FNO2. The van der Waals surface area contributed by atoms with E-state index in [1.54, 1.807) is 0 Å². The molecule has 72 valence electrons. The van der Waals surface area contributed by atoms with Gasteiger partial charge in [0, 0.05) is 0 Å². The number of nitro groups is 1. The Labute approximate surface area is 76.1 Å². The fraction of sp³-hybridized carbons (Fsp3) is 0.556. The molecule has 1 unspecified atom stereocenters.